The van der Waals surface area contributed by atoms with Crippen molar-refractivity contribution in [2.45, 2.75) is 44.3 Å². The Hall–Kier alpha value is -4.17. The van der Waals surface area contributed by atoms with E-state index in [4.69, 9.17) is 21.6 Å². The van der Waals surface area contributed by atoms with Crippen molar-refractivity contribution >= 4 is 39.4 Å². The molecule has 3 aromatic carbocycles. The molecule has 1 saturated carbocycles. The van der Waals surface area contributed by atoms with Gasteiger partial charge in [-0.1, -0.05) is 42.5 Å². The summed E-state index contributed by atoms with van der Waals surface area (Å²) >= 11 is 0. The highest BCUT2D eigenvalue weighted by Gasteiger charge is 2.24. The van der Waals surface area contributed by atoms with Crippen LogP contribution in [-0.4, -0.2) is 41.5 Å². The summed E-state index contributed by atoms with van der Waals surface area (Å²) in [6.07, 6.45) is 3.52. The van der Waals surface area contributed by atoms with E-state index in [0.29, 0.717) is 23.4 Å². The fourth-order valence-corrected chi connectivity index (χ4v) is 5.26. The minimum absolute atomic E-state index is 0.0351. The SMILES string of the molecule is COC(=O)c1ccc(Cn2c(C(=O)N[C@H]3CC[C@H](N)CC3)cc3ccc(C(=N)N)cc32)c2ccccc12. The lowest BCUT2D eigenvalue weighted by molar-refractivity contribution is 0.0603. The molecule has 0 aliphatic heterocycles. The Bertz CT molecular complexity index is 1520. The summed E-state index contributed by atoms with van der Waals surface area (Å²) in [6.45, 7) is 0.394. The number of nitrogen functional groups attached to an aromatic ring is 1. The largest absolute Gasteiger partial charge is 0.465 e. The van der Waals surface area contributed by atoms with E-state index in [0.717, 1.165) is 52.9 Å². The lowest BCUT2D eigenvalue weighted by Gasteiger charge is -2.27. The standard InChI is InChI=1S/C29H31N5O3/c1-37-29(36)24-13-8-19(22-4-2-3-5-23(22)24)16-34-25-15-18(27(31)32)7-6-17(25)14-26(34)28(35)33-21-11-9-20(30)10-12-21/h2-8,13-15,20-21H,9-12,16,30H2,1H3,(H3,31,32)(H,33,35)/t20-,21-. The van der Waals surface area contributed by atoms with E-state index in [1.165, 1.54) is 7.11 Å². The van der Waals surface area contributed by atoms with E-state index in [2.05, 4.69) is 5.32 Å². The monoisotopic (exact) mass is 497 g/mol. The van der Waals surface area contributed by atoms with Crippen LogP contribution >= 0.6 is 0 Å². The molecule has 1 fully saturated rings. The third-order valence-electron chi connectivity index (χ3n) is 7.30. The number of nitrogens with one attached hydrogen (secondary N) is 2. The van der Waals surface area contributed by atoms with Gasteiger partial charge in [-0.2, -0.15) is 0 Å². The van der Waals surface area contributed by atoms with E-state index in [-0.39, 0.29) is 23.8 Å². The number of fused-ring (bicyclic) bond motifs is 2. The molecule has 1 aliphatic carbocycles. The second-order valence-corrected chi connectivity index (χ2v) is 9.70. The average molecular weight is 498 g/mol. The lowest BCUT2D eigenvalue weighted by Crippen LogP contribution is -2.41. The number of hydrogen-bond donors (Lipinski definition) is 4. The summed E-state index contributed by atoms with van der Waals surface area (Å²) in [7, 11) is 1.37. The smallest absolute Gasteiger partial charge is 0.338 e. The molecule has 0 bridgehead atoms. The van der Waals surface area contributed by atoms with Crippen LogP contribution in [0.15, 0.2) is 60.7 Å². The van der Waals surface area contributed by atoms with Gasteiger partial charge in [0.15, 0.2) is 0 Å². The molecule has 0 radical (unpaired) electrons. The summed E-state index contributed by atoms with van der Waals surface area (Å²) in [5.41, 5.74) is 15.2. The average Bonchev–Trinajstić information content (AvgIpc) is 3.27. The van der Waals surface area contributed by atoms with Crippen LogP contribution in [0.1, 0.15) is 57.7 Å². The molecule has 4 aromatic rings. The Balaban J connectivity index is 1.59. The number of hydrogen-bond acceptors (Lipinski definition) is 5. The summed E-state index contributed by atoms with van der Waals surface area (Å²) < 4.78 is 6.94. The normalized spacial score (nSPS) is 17.6. The minimum atomic E-state index is -0.396. The Morgan fingerprint density at radius 1 is 1.03 bits per heavy atom. The van der Waals surface area contributed by atoms with E-state index in [9.17, 15) is 9.59 Å². The molecule has 0 saturated heterocycles. The van der Waals surface area contributed by atoms with Gasteiger partial charge in [0.2, 0.25) is 0 Å². The first kappa shape index (κ1) is 24.5. The van der Waals surface area contributed by atoms with Crippen molar-refractivity contribution in [3.8, 4) is 0 Å². The highest BCUT2D eigenvalue weighted by Crippen LogP contribution is 2.28. The Kier molecular flexibility index (Phi) is 6.67. The maximum Gasteiger partial charge on any atom is 0.338 e. The quantitative estimate of drug-likeness (QED) is 0.182. The van der Waals surface area contributed by atoms with Crippen LogP contribution in [0.3, 0.4) is 0 Å². The molecule has 6 N–H and O–H groups in total. The molecule has 5 rings (SSSR count). The lowest BCUT2D eigenvalue weighted by atomic mass is 9.92. The Morgan fingerprint density at radius 2 is 1.76 bits per heavy atom. The van der Waals surface area contributed by atoms with Crippen molar-refractivity contribution in [1.29, 1.82) is 5.41 Å². The van der Waals surface area contributed by atoms with Crippen molar-refractivity contribution in [2.75, 3.05) is 7.11 Å². The van der Waals surface area contributed by atoms with Crippen LogP contribution in [0.4, 0.5) is 0 Å². The number of methoxy groups -OCH3 is 1. The van der Waals surface area contributed by atoms with Gasteiger partial charge in [-0.25, -0.2) is 4.79 Å². The number of ether oxygens (including phenoxy) is 1. The van der Waals surface area contributed by atoms with E-state index < -0.39 is 5.97 Å². The maximum absolute atomic E-state index is 13.5. The molecular formula is C29H31N5O3. The van der Waals surface area contributed by atoms with Crippen LogP contribution in [-0.2, 0) is 11.3 Å². The van der Waals surface area contributed by atoms with Gasteiger partial charge in [0.25, 0.3) is 5.91 Å². The number of carbonyl (C=O) groups excluding carboxylic acids is 2. The van der Waals surface area contributed by atoms with Crippen LogP contribution in [0.5, 0.6) is 0 Å². The minimum Gasteiger partial charge on any atom is -0.465 e. The molecule has 0 spiro atoms. The second kappa shape index (κ2) is 10.1. The van der Waals surface area contributed by atoms with Crippen molar-refractivity contribution in [1.82, 2.24) is 9.88 Å². The number of nitrogens with zero attached hydrogens (tertiary/aromatic N) is 1. The zero-order valence-electron chi connectivity index (χ0n) is 20.8. The molecule has 8 heteroatoms. The summed E-state index contributed by atoms with van der Waals surface area (Å²) in [5.74, 6) is -0.573. The number of amidine groups is 1. The summed E-state index contributed by atoms with van der Waals surface area (Å²) in [4.78, 5) is 25.9. The highest BCUT2D eigenvalue weighted by atomic mass is 16.5. The number of esters is 1. The van der Waals surface area contributed by atoms with E-state index >= 15 is 0 Å². The van der Waals surface area contributed by atoms with Gasteiger partial charge < -0.3 is 26.1 Å². The molecule has 0 atom stereocenters. The number of benzene rings is 3. The fourth-order valence-electron chi connectivity index (χ4n) is 5.26. The first-order chi connectivity index (χ1) is 17.9. The molecule has 37 heavy (non-hydrogen) atoms. The molecule has 0 unspecified atom stereocenters. The van der Waals surface area contributed by atoms with Gasteiger partial charge >= 0.3 is 5.97 Å². The van der Waals surface area contributed by atoms with Gasteiger partial charge in [0.1, 0.15) is 11.5 Å². The third kappa shape index (κ3) is 4.80. The number of amides is 1. The van der Waals surface area contributed by atoms with Crippen molar-refractivity contribution in [2.24, 2.45) is 11.5 Å². The number of nitrogens with two attached hydrogens (primary N) is 2. The number of carbonyl (C=O) groups is 2. The van der Waals surface area contributed by atoms with E-state index in [1.54, 1.807) is 12.1 Å². The number of rotatable bonds is 6. The number of aromatic nitrogens is 1. The first-order valence-corrected chi connectivity index (χ1v) is 12.5. The predicted octanol–water partition coefficient (Wildman–Crippen LogP) is 3.91. The summed E-state index contributed by atoms with van der Waals surface area (Å²) in [6, 6.07) is 19.0. The van der Waals surface area contributed by atoms with Crippen LogP contribution < -0.4 is 16.8 Å². The first-order valence-electron chi connectivity index (χ1n) is 12.5. The molecule has 1 aromatic heterocycles. The third-order valence-corrected chi connectivity index (χ3v) is 7.30. The van der Waals surface area contributed by atoms with Gasteiger partial charge in [0, 0.05) is 35.1 Å². The van der Waals surface area contributed by atoms with Gasteiger partial charge in [-0.3, -0.25) is 10.2 Å². The van der Waals surface area contributed by atoms with Crippen LogP contribution in [0, 0.1) is 5.41 Å². The second-order valence-electron chi connectivity index (χ2n) is 9.70. The zero-order chi connectivity index (χ0) is 26.1. The predicted molar refractivity (Wildman–Crippen MR) is 145 cm³/mol. The molecule has 190 valence electrons. The Labute approximate surface area is 215 Å². The fraction of sp³-hybridized carbons (Fsp3) is 0.276. The maximum atomic E-state index is 13.5. The van der Waals surface area contributed by atoms with Crippen molar-refractivity contribution < 1.29 is 14.3 Å². The molecular weight excluding hydrogens is 466 g/mol. The van der Waals surface area contributed by atoms with Gasteiger partial charge in [-0.05, 0) is 60.2 Å². The highest BCUT2D eigenvalue weighted by molar-refractivity contribution is 6.06. The van der Waals surface area contributed by atoms with Crippen LogP contribution in [0.25, 0.3) is 21.7 Å². The van der Waals surface area contributed by atoms with Gasteiger partial charge in [0.05, 0.1) is 12.7 Å². The zero-order valence-corrected chi connectivity index (χ0v) is 20.8. The molecule has 1 aliphatic rings. The topological polar surface area (TPSA) is 136 Å². The summed E-state index contributed by atoms with van der Waals surface area (Å²) in [5, 5.41) is 13.7. The van der Waals surface area contributed by atoms with Crippen LogP contribution in [0.2, 0.25) is 0 Å². The van der Waals surface area contributed by atoms with Gasteiger partial charge in [-0.15, -0.1) is 0 Å². The molecule has 1 heterocycles. The molecule has 1 amide bonds. The van der Waals surface area contributed by atoms with E-state index in [1.807, 2.05) is 53.1 Å². The Morgan fingerprint density at radius 3 is 2.46 bits per heavy atom. The van der Waals surface area contributed by atoms with Crippen molar-refractivity contribution in [3.63, 3.8) is 0 Å². The van der Waals surface area contributed by atoms with Crippen molar-refractivity contribution in [3.05, 3.63) is 83.0 Å². The molecule has 8 nitrogen and oxygen atoms in total.